The largest absolute Gasteiger partial charge is 0.480 e. The molecule has 1 aromatic carbocycles. The Bertz CT molecular complexity index is 427. The molecule has 1 N–H and O–H groups in total. The summed E-state index contributed by atoms with van der Waals surface area (Å²) in [7, 11) is 0. The smallest absolute Gasteiger partial charge is 0.320 e. The fourth-order valence-corrected chi connectivity index (χ4v) is 3.04. The first-order valence-corrected chi connectivity index (χ1v) is 7.18. The highest BCUT2D eigenvalue weighted by Crippen LogP contribution is 2.31. The van der Waals surface area contributed by atoms with E-state index >= 15 is 0 Å². The van der Waals surface area contributed by atoms with Crippen molar-refractivity contribution in [2.24, 2.45) is 0 Å². The highest BCUT2D eigenvalue weighted by Gasteiger charge is 2.33. The SMILES string of the molecule is CCC(c1ccc(C)cc1)N1CCCCC1C(=O)O. The summed E-state index contributed by atoms with van der Waals surface area (Å²) in [6.45, 7) is 5.10. The lowest BCUT2D eigenvalue weighted by Gasteiger charge is -2.39. The minimum absolute atomic E-state index is 0.224. The quantitative estimate of drug-likeness (QED) is 0.903. The molecule has 0 aromatic heterocycles. The van der Waals surface area contributed by atoms with Crippen LogP contribution in [0.4, 0.5) is 0 Å². The van der Waals surface area contributed by atoms with Gasteiger partial charge in [-0.2, -0.15) is 0 Å². The Kier molecular flexibility index (Phi) is 4.59. The molecule has 2 rings (SSSR count). The van der Waals surface area contributed by atoms with Gasteiger partial charge >= 0.3 is 5.97 Å². The van der Waals surface area contributed by atoms with Gasteiger partial charge in [-0.15, -0.1) is 0 Å². The van der Waals surface area contributed by atoms with E-state index in [9.17, 15) is 9.90 Å². The number of carboxylic acid groups (broad SMARTS) is 1. The second-order valence-corrected chi connectivity index (χ2v) is 5.42. The number of aliphatic carboxylic acids is 1. The van der Waals surface area contributed by atoms with Crippen LogP contribution in [0.2, 0.25) is 0 Å². The summed E-state index contributed by atoms with van der Waals surface area (Å²) in [5.74, 6) is -0.676. The average Bonchev–Trinajstić information content (AvgIpc) is 2.42. The Morgan fingerprint density at radius 3 is 2.63 bits per heavy atom. The maximum atomic E-state index is 11.4. The topological polar surface area (TPSA) is 40.5 Å². The standard InChI is InChI=1S/C16H23NO2/c1-3-14(13-9-7-12(2)8-10-13)17-11-5-4-6-15(17)16(18)19/h7-10,14-15H,3-6,11H2,1-2H3,(H,18,19). The first-order valence-electron chi connectivity index (χ1n) is 7.18. The minimum Gasteiger partial charge on any atom is -0.480 e. The summed E-state index contributed by atoms with van der Waals surface area (Å²) in [6.07, 6.45) is 3.86. The van der Waals surface area contributed by atoms with Crippen LogP contribution < -0.4 is 0 Å². The van der Waals surface area contributed by atoms with Crippen molar-refractivity contribution in [3.05, 3.63) is 35.4 Å². The molecular weight excluding hydrogens is 238 g/mol. The Morgan fingerprint density at radius 1 is 1.37 bits per heavy atom. The summed E-state index contributed by atoms with van der Waals surface area (Å²) < 4.78 is 0. The zero-order valence-electron chi connectivity index (χ0n) is 11.8. The third-order valence-electron chi connectivity index (χ3n) is 4.08. The van der Waals surface area contributed by atoms with Gasteiger partial charge in [0.25, 0.3) is 0 Å². The molecule has 0 spiro atoms. The van der Waals surface area contributed by atoms with E-state index in [1.54, 1.807) is 0 Å². The zero-order chi connectivity index (χ0) is 13.8. The van der Waals surface area contributed by atoms with Gasteiger partial charge in [-0.25, -0.2) is 0 Å². The molecule has 1 heterocycles. The van der Waals surface area contributed by atoms with E-state index in [1.165, 1.54) is 11.1 Å². The van der Waals surface area contributed by atoms with E-state index in [0.29, 0.717) is 0 Å². The van der Waals surface area contributed by atoms with Gasteiger partial charge < -0.3 is 5.11 Å². The summed E-state index contributed by atoms with van der Waals surface area (Å²) in [6, 6.07) is 8.39. The van der Waals surface area contributed by atoms with Gasteiger partial charge in [0.1, 0.15) is 6.04 Å². The molecule has 1 saturated heterocycles. The molecule has 1 fully saturated rings. The monoisotopic (exact) mass is 261 g/mol. The van der Waals surface area contributed by atoms with Crippen molar-refractivity contribution in [1.82, 2.24) is 4.90 Å². The van der Waals surface area contributed by atoms with E-state index < -0.39 is 5.97 Å². The van der Waals surface area contributed by atoms with Gasteiger partial charge in [-0.1, -0.05) is 43.2 Å². The molecule has 2 unspecified atom stereocenters. The van der Waals surface area contributed by atoms with Crippen LogP contribution in [0.3, 0.4) is 0 Å². The van der Waals surface area contributed by atoms with Gasteiger partial charge in [0, 0.05) is 6.04 Å². The number of piperidine rings is 1. The maximum Gasteiger partial charge on any atom is 0.320 e. The highest BCUT2D eigenvalue weighted by atomic mass is 16.4. The molecule has 2 atom stereocenters. The third kappa shape index (κ3) is 3.16. The van der Waals surface area contributed by atoms with Gasteiger partial charge in [-0.05, 0) is 38.3 Å². The molecule has 3 nitrogen and oxygen atoms in total. The fourth-order valence-electron chi connectivity index (χ4n) is 3.04. The van der Waals surface area contributed by atoms with Gasteiger partial charge in [0.05, 0.1) is 0 Å². The van der Waals surface area contributed by atoms with Crippen molar-refractivity contribution < 1.29 is 9.90 Å². The summed E-state index contributed by atoms with van der Waals surface area (Å²) >= 11 is 0. The number of rotatable bonds is 4. The lowest BCUT2D eigenvalue weighted by molar-refractivity contribution is -0.146. The van der Waals surface area contributed by atoms with Crippen LogP contribution in [0.5, 0.6) is 0 Å². The number of aryl methyl sites for hydroxylation is 1. The number of hydrogen-bond donors (Lipinski definition) is 1. The number of nitrogens with zero attached hydrogens (tertiary/aromatic N) is 1. The predicted octanol–water partition coefficient (Wildman–Crippen LogP) is 3.39. The Morgan fingerprint density at radius 2 is 2.05 bits per heavy atom. The van der Waals surface area contributed by atoms with Crippen molar-refractivity contribution in [2.45, 2.75) is 51.6 Å². The number of carboxylic acids is 1. The summed E-state index contributed by atoms with van der Waals surface area (Å²) in [5.41, 5.74) is 2.48. The van der Waals surface area contributed by atoms with Crippen molar-refractivity contribution in [3.8, 4) is 0 Å². The minimum atomic E-state index is -0.676. The molecule has 19 heavy (non-hydrogen) atoms. The number of likely N-dealkylation sites (tertiary alicyclic amines) is 1. The lowest BCUT2D eigenvalue weighted by Crippen LogP contribution is -2.46. The van der Waals surface area contributed by atoms with E-state index in [-0.39, 0.29) is 12.1 Å². The molecule has 104 valence electrons. The van der Waals surface area contributed by atoms with Crippen LogP contribution in [-0.2, 0) is 4.79 Å². The maximum absolute atomic E-state index is 11.4. The summed E-state index contributed by atoms with van der Waals surface area (Å²) in [4.78, 5) is 13.6. The first kappa shape index (κ1) is 14.1. The number of hydrogen-bond acceptors (Lipinski definition) is 2. The Hall–Kier alpha value is -1.35. The van der Waals surface area contributed by atoms with Crippen LogP contribution in [-0.4, -0.2) is 28.6 Å². The molecule has 1 aromatic rings. The van der Waals surface area contributed by atoms with Crippen LogP contribution >= 0.6 is 0 Å². The molecule has 0 aliphatic carbocycles. The number of benzene rings is 1. The van der Waals surface area contributed by atoms with E-state index in [2.05, 4.69) is 43.0 Å². The second kappa shape index (κ2) is 6.20. The molecule has 3 heteroatoms. The van der Waals surface area contributed by atoms with Crippen molar-refractivity contribution >= 4 is 5.97 Å². The zero-order valence-corrected chi connectivity index (χ0v) is 11.8. The van der Waals surface area contributed by atoms with Crippen molar-refractivity contribution in [3.63, 3.8) is 0 Å². The van der Waals surface area contributed by atoms with Crippen LogP contribution in [0.15, 0.2) is 24.3 Å². The highest BCUT2D eigenvalue weighted by molar-refractivity contribution is 5.73. The third-order valence-corrected chi connectivity index (χ3v) is 4.08. The first-order chi connectivity index (χ1) is 9.13. The van der Waals surface area contributed by atoms with E-state index in [0.717, 1.165) is 32.2 Å². The predicted molar refractivity (Wildman–Crippen MR) is 76.2 cm³/mol. The van der Waals surface area contributed by atoms with Crippen LogP contribution in [0, 0.1) is 6.92 Å². The average molecular weight is 261 g/mol. The molecule has 0 saturated carbocycles. The summed E-state index contributed by atoms with van der Waals surface area (Å²) in [5, 5.41) is 9.40. The fraction of sp³-hybridized carbons (Fsp3) is 0.562. The van der Waals surface area contributed by atoms with Gasteiger partial charge in [0.2, 0.25) is 0 Å². The molecule has 0 amide bonds. The van der Waals surface area contributed by atoms with E-state index in [1.807, 2.05) is 0 Å². The normalized spacial score (nSPS) is 22.1. The molecule has 0 bridgehead atoms. The van der Waals surface area contributed by atoms with Crippen molar-refractivity contribution in [2.75, 3.05) is 6.54 Å². The van der Waals surface area contributed by atoms with E-state index in [4.69, 9.17) is 0 Å². The van der Waals surface area contributed by atoms with Gasteiger partial charge in [0.15, 0.2) is 0 Å². The Balaban J connectivity index is 2.24. The molecule has 1 aliphatic heterocycles. The molecule has 1 aliphatic rings. The number of carbonyl (C=O) groups is 1. The molecular formula is C16H23NO2. The second-order valence-electron chi connectivity index (χ2n) is 5.42. The van der Waals surface area contributed by atoms with Gasteiger partial charge in [-0.3, -0.25) is 9.69 Å². The Labute approximate surface area is 115 Å². The van der Waals surface area contributed by atoms with Crippen molar-refractivity contribution in [1.29, 1.82) is 0 Å². The van der Waals surface area contributed by atoms with Crippen LogP contribution in [0.25, 0.3) is 0 Å². The van der Waals surface area contributed by atoms with Crippen LogP contribution in [0.1, 0.15) is 49.8 Å². The lowest BCUT2D eigenvalue weighted by atomic mass is 9.94. The molecule has 0 radical (unpaired) electrons.